The lowest BCUT2D eigenvalue weighted by Crippen LogP contribution is -2.49. The number of rotatable bonds is 6. The summed E-state index contributed by atoms with van der Waals surface area (Å²) in [6, 6.07) is 9.80. The van der Waals surface area contributed by atoms with E-state index in [1.165, 1.54) is 13.2 Å². The molecule has 0 spiro atoms. The van der Waals surface area contributed by atoms with Crippen LogP contribution in [0, 0.1) is 11.7 Å². The maximum absolute atomic E-state index is 14.5. The summed E-state index contributed by atoms with van der Waals surface area (Å²) in [6.07, 6.45) is 4.86. The van der Waals surface area contributed by atoms with E-state index in [4.69, 9.17) is 4.74 Å². The number of nitrogens with one attached hydrogen (secondary N) is 2. The summed E-state index contributed by atoms with van der Waals surface area (Å²) >= 11 is 0. The van der Waals surface area contributed by atoms with E-state index < -0.39 is 5.82 Å². The van der Waals surface area contributed by atoms with Crippen molar-refractivity contribution in [1.82, 2.24) is 20.4 Å². The first-order valence-corrected chi connectivity index (χ1v) is 12.4. The van der Waals surface area contributed by atoms with Crippen molar-refractivity contribution < 1.29 is 18.7 Å². The van der Waals surface area contributed by atoms with Crippen molar-refractivity contribution >= 4 is 28.9 Å². The molecule has 2 aliphatic heterocycles. The number of hydrogen-bond acceptors (Lipinski definition) is 5. The second kappa shape index (κ2) is 10.2. The van der Waals surface area contributed by atoms with E-state index in [2.05, 4.69) is 33.5 Å². The Balaban J connectivity index is 1.32. The molecule has 2 N–H and O–H groups in total. The Bertz CT molecular complexity index is 1410. The van der Waals surface area contributed by atoms with Crippen molar-refractivity contribution in [2.45, 2.75) is 45.2 Å². The van der Waals surface area contributed by atoms with Gasteiger partial charge in [0.05, 0.1) is 24.9 Å². The number of benzene rings is 2. The lowest BCUT2D eigenvalue weighted by atomic mass is 9.87. The van der Waals surface area contributed by atoms with Crippen LogP contribution in [-0.2, 0) is 11.3 Å². The van der Waals surface area contributed by atoms with Gasteiger partial charge in [-0.2, -0.15) is 5.10 Å². The molecule has 1 fully saturated rings. The Kier molecular flexibility index (Phi) is 6.78. The molecule has 5 rings (SSSR count). The third-order valence-electron chi connectivity index (χ3n) is 7.16. The molecule has 0 saturated carbocycles. The minimum absolute atomic E-state index is 0.0752. The Hall–Kier alpha value is -4.01. The highest BCUT2D eigenvalue weighted by molar-refractivity contribution is 5.99. The van der Waals surface area contributed by atoms with Gasteiger partial charge in [0.25, 0.3) is 5.91 Å². The average Bonchev–Trinajstić information content (AvgIpc) is 3.31. The highest BCUT2D eigenvalue weighted by Crippen LogP contribution is 2.33. The van der Waals surface area contributed by atoms with E-state index in [1.807, 2.05) is 25.3 Å². The number of halogens is 1. The van der Waals surface area contributed by atoms with Gasteiger partial charge in [-0.05, 0) is 43.7 Å². The number of nitrogens with zero attached hydrogens (tertiary/aromatic N) is 3. The molecule has 0 aliphatic carbocycles. The van der Waals surface area contributed by atoms with Gasteiger partial charge in [0.1, 0.15) is 11.6 Å². The van der Waals surface area contributed by atoms with Crippen LogP contribution in [0.25, 0.3) is 10.9 Å². The molecule has 2 aliphatic rings. The number of piperidine rings is 1. The molecule has 1 saturated heterocycles. The number of carbonyl (C=O) groups is 2. The fourth-order valence-corrected chi connectivity index (χ4v) is 5.08. The summed E-state index contributed by atoms with van der Waals surface area (Å²) in [5.41, 5.74) is 3.54. The Labute approximate surface area is 214 Å². The van der Waals surface area contributed by atoms with Crippen LogP contribution in [0.5, 0.6) is 5.75 Å². The van der Waals surface area contributed by atoms with Gasteiger partial charge in [-0.25, -0.2) is 4.39 Å². The molecule has 0 radical (unpaired) electrons. The van der Waals surface area contributed by atoms with Crippen LogP contribution in [0.15, 0.2) is 53.2 Å². The zero-order valence-electron chi connectivity index (χ0n) is 21.1. The van der Waals surface area contributed by atoms with Gasteiger partial charge in [0.15, 0.2) is 0 Å². The highest BCUT2D eigenvalue weighted by Gasteiger charge is 2.29. The van der Waals surface area contributed by atoms with Crippen molar-refractivity contribution in [3.8, 4) is 5.75 Å². The van der Waals surface area contributed by atoms with Crippen molar-refractivity contribution in [1.29, 1.82) is 0 Å². The molecule has 3 heterocycles. The number of hydrogen-bond donors (Lipinski definition) is 2. The minimum atomic E-state index is -0.425. The second-order valence-corrected chi connectivity index (χ2v) is 9.74. The topological polar surface area (TPSA) is 99.7 Å². The molecular formula is C28H30FN5O3. The first-order valence-electron chi connectivity index (χ1n) is 12.4. The van der Waals surface area contributed by atoms with E-state index in [1.54, 1.807) is 23.1 Å². The van der Waals surface area contributed by atoms with Crippen molar-refractivity contribution in [2.75, 3.05) is 13.7 Å². The monoisotopic (exact) mass is 503 g/mol. The van der Waals surface area contributed by atoms with Gasteiger partial charge in [0, 0.05) is 59.3 Å². The van der Waals surface area contributed by atoms with Gasteiger partial charge >= 0.3 is 0 Å². The van der Waals surface area contributed by atoms with Gasteiger partial charge in [-0.3, -0.25) is 19.7 Å². The summed E-state index contributed by atoms with van der Waals surface area (Å²) in [5, 5.41) is 11.6. The summed E-state index contributed by atoms with van der Waals surface area (Å²) in [5.74, 6) is -0.0359. The van der Waals surface area contributed by atoms with Crippen molar-refractivity contribution in [2.24, 2.45) is 10.9 Å². The zero-order valence-corrected chi connectivity index (χ0v) is 21.1. The Morgan fingerprint density at radius 3 is 2.95 bits per heavy atom. The summed E-state index contributed by atoms with van der Waals surface area (Å²) in [7, 11) is 1.47. The average molecular weight is 504 g/mol. The Morgan fingerprint density at radius 2 is 2.14 bits per heavy atom. The van der Waals surface area contributed by atoms with Crippen LogP contribution < -0.4 is 10.1 Å². The first kappa shape index (κ1) is 24.7. The van der Waals surface area contributed by atoms with Crippen molar-refractivity contribution in [3.63, 3.8) is 0 Å². The van der Waals surface area contributed by atoms with Crippen LogP contribution in [0.2, 0.25) is 0 Å². The fourth-order valence-electron chi connectivity index (χ4n) is 5.08. The molecule has 37 heavy (non-hydrogen) atoms. The smallest absolute Gasteiger partial charge is 0.251 e. The molecule has 0 bridgehead atoms. The van der Waals surface area contributed by atoms with Crippen molar-refractivity contribution in [3.05, 3.63) is 70.8 Å². The molecule has 9 heteroatoms. The van der Waals surface area contributed by atoms with Crippen LogP contribution >= 0.6 is 0 Å². The molecular weight excluding hydrogens is 473 g/mol. The molecule has 3 unspecified atom stereocenters. The number of aromatic amines is 1. The first-order chi connectivity index (χ1) is 17.8. The molecule has 3 aromatic rings. The second-order valence-electron chi connectivity index (χ2n) is 9.74. The number of aliphatic imine (C=N–C) groups is 1. The third-order valence-corrected chi connectivity index (χ3v) is 7.16. The molecule has 192 valence electrons. The molecule has 1 aromatic heterocycles. The van der Waals surface area contributed by atoms with Crippen LogP contribution in [-0.4, -0.2) is 52.8 Å². The Morgan fingerprint density at radius 1 is 1.30 bits per heavy atom. The normalized spacial score (nSPS) is 21.7. The number of ether oxygens (including phenoxy) is 1. The molecule has 2 aromatic carbocycles. The SMILES string of the molecule is COc1cccc(F)c1CN1CC(NC(=O)c2ccc3n[nH]c(C4C=C(C)N=CC4C)c3c2)CCC1=O. The molecule has 3 atom stereocenters. The minimum Gasteiger partial charge on any atom is -0.496 e. The fraction of sp³-hybridized carbons (Fsp3) is 0.357. The lowest BCUT2D eigenvalue weighted by molar-refractivity contribution is -0.134. The van der Waals surface area contributed by atoms with E-state index in [0.29, 0.717) is 29.8 Å². The van der Waals surface area contributed by atoms with Gasteiger partial charge in [0.2, 0.25) is 5.91 Å². The van der Waals surface area contributed by atoms with Gasteiger partial charge in [-0.1, -0.05) is 19.1 Å². The number of aromatic nitrogens is 2. The maximum atomic E-state index is 14.5. The summed E-state index contributed by atoms with van der Waals surface area (Å²) in [4.78, 5) is 31.8. The number of amides is 2. The number of H-pyrrole nitrogens is 1. The van der Waals surface area contributed by atoms with Crippen LogP contribution in [0.3, 0.4) is 0 Å². The van der Waals surface area contributed by atoms with E-state index in [-0.39, 0.29) is 42.7 Å². The van der Waals surface area contributed by atoms with Gasteiger partial charge < -0.3 is 15.0 Å². The standard InChI is InChI=1S/C28H30FN5O3/c1-16-13-30-17(2)11-20(16)27-21-12-18(7-9-24(21)32-33-27)28(36)31-19-8-10-26(35)34(14-19)15-22-23(29)5-4-6-25(22)37-3/h4-7,9,11-13,16,19-20H,8,10,14-15H2,1-3H3,(H,31,36)(H,32,33). The summed E-state index contributed by atoms with van der Waals surface area (Å²) in [6.45, 7) is 4.45. The van der Waals surface area contributed by atoms with Crippen LogP contribution in [0.4, 0.5) is 4.39 Å². The number of carbonyl (C=O) groups excluding carboxylic acids is 2. The summed E-state index contributed by atoms with van der Waals surface area (Å²) < 4.78 is 19.7. The lowest BCUT2D eigenvalue weighted by Gasteiger charge is -2.33. The maximum Gasteiger partial charge on any atom is 0.251 e. The zero-order chi connectivity index (χ0) is 26.1. The quantitative estimate of drug-likeness (QED) is 0.523. The van der Waals surface area contributed by atoms with E-state index >= 15 is 0 Å². The number of fused-ring (bicyclic) bond motifs is 1. The molecule has 2 amide bonds. The number of allylic oxidation sites excluding steroid dienone is 2. The largest absolute Gasteiger partial charge is 0.496 e. The van der Waals surface area contributed by atoms with Crippen LogP contribution in [0.1, 0.15) is 54.2 Å². The third kappa shape index (κ3) is 4.98. The predicted octanol–water partition coefficient (Wildman–Crippen LogP) is 4.34. The van der Waals surface area contributed by atoms with Gasteiger partial charge in [-0.15, -0.1) is 0 Å². The predicted molar refractivity (Wildman–Crippen MR) is 139 cm³/mol. The number of methoxy groups -OCH3 is 1. The molecule has 8 nitrogen and oxygen atoms in total. The van der Waals surface area contributed by atoms with E-state index in [0.717, 1.165) is 22.3 Å². The van der Waals surface area contributed by atoms with E-state index in [9.17, 15) is 14.0 Å². The highest BCUT2D eigenvalue weighted by atomic mass is 19.1. The number of likely N-dealkylation sites (tertiary alicyclic amines) is 1.